The summed E-state index contributed by atoms with van der Waals surface area (Å²) in [4.78, 5) is 12.9. The van der Waals surface area contributed by atoms with Crippen LogP contribution < -0.4 is 0 Å². The lowest BCUT2D eigenvalue weighted by Crippen LogP contribution is -2.44. The molecule has 0 amide bonds. The summed E-state index contributed by atoms with van der Waals surface area (Å²) in [5.41, 5.74) is 0.423. The summed E-state index contributed by atoms with van der Waals surface area (Å²) in [6, 6.07) is 0.411. The van der Waals surface area contributed by atoms with E-state index in [-0.39, 0.29) is 6.54 Å². The second kappa shape index (κ2) is 6.36. The Labute approximate surface area is 104 Å². The minimum absolute atomic E-state index is 0.133. The average molecular weight is 243 g/mol. The summed E-state index contributed by atoms with van der Waals surface area (Å²) < 4.78 is 5.05. The van der Waals surface area contributed by atoms with Crippen LogP contribution >= 0.6 is 0 Å². The van der Waals surface area contributed by atoms with Crippen molar-refractivity contribution in [2.75, 3.05) is 26.8 Å². The van der Waals surface area contributed by atoms with Crippen LogP contribution in [0.3, 0.4) is 0 Å². The van der Waals surface area contributed by atoms with E-state index in [9.17, 15) is 4.79 Å². The fraction of sp³-hybridized carbons (Fsp3) is 0.923. The summed E-state index contributed by atoms with van der Waals surface area (Å²) in [6.07, 6.45) is 4.57. The Morgan fingerprint density at radius 3 is 2.47 bits per heavy atom. The molecule has 0 saturated heterocycles. The highest BCUT2D eigenvalue weighted by molar-refractivity contribution is 5.69. The van der Waals surface area contributed by atoms with Crippen LogP contribution in [0.4, 0.5) is 0 Å². The largest absolute Gasteiger partial charge is 0.480 e. The number of aliphatic carboxylic acids is 1. The standard InChI is InChI=1S/C13H25NO3/c1-13(2)6-4-11(5-7-13)14(8-9-17-3)10-12(15)16/h11H,4-10H2,1-3H3,(H,15,16). The molecule has 17 heavy (non-hydrogen) atoms. The normalized spacial score (nSPS) is 20.7. The van der Waals surface area contributed by atoms with E-state index in [1.807, 2.05) is 0 Å². The number of carboxylic acid groups (broad SMARTS) is 1. The van der Waals surface area contributed by atoms with Gasteiger partial charge in [0.1, 0.15) is 0 Å². The fourth-order valence-electron chi connectivity index (χ4n) is 2.52. The predicted octanol–water partition coefficient (Wildman–Crippen LogP) is 1.99. The number of nitrogens with zero attached hydrogens (tertiary/aromatic N) is 1. The van der Waals surface area contributed by atoms with Gasteiger partial charge in [-0.05, 0) is 31.1 Å². The monoisotopic (exact) mass is 243 g/mol. The van der Waals surface area contributed by atoms with E-state index >= 15 is 0 Å². The van der Waals surface area contributed by atoms with Crippen molar-refractivity contribution in [3.8, 4) is 0 Å². The smallest absolute Gasteiger partial charge is 0.317 e. The molecule has 0 aliphatic heterocycles. The summed E-state index contributed by atoms with van der Waals surface area (Å²) in [5.74, 6) is -0.745. The molecule has 1 aliphatic rings. The number of hydrogen-bond acceptors (Lipinski definition) is 3. The first-order chi connectivity index (χ1) is 7.94. The van der Waals surface area contributed by atoms with E-state index in [1.54, 1.807) is 7.11 Å². The number of ether oxygens (including phenoxy) is 1. The molecule has 0 aromatic heterocycles. The van der Waals surface area contributed by atoms with Crippen molar-refractivity contribution < 1.29 is 14.6 Å². The molecule has 0 spiro atoms. The maximum atomic E-state index is 10.9. The highest BCUT2D eigenvalue weighted by Gasteiger charge is 2.30. The molecule has 0 heterocycles. The minimum atomic E-state index is -0.745. The quantitative estimate of drug-likeness (QED) is 0.775. The molecule has 0 radical (unpaired) electrons. The topological polar surface area (TPSA) is 49.8 Å². The van der Waals surface area contributed by atoms with Gasteiger partial charge in [0, 0.05) is 19.7 Å². The van der Waals surface area contributed by atoms with Gasteiger partial charge in [-0.25, -0.2) is 0 Å². The van der Waals surface area contributed by atoms with E-state index in [2.05, 4.69) is 18.7 Å². The van der Waals surface area contributed by atoms with Crippen LogP contribution in [0.1, 0.15) is 39.5 Å². The molecular weight excluding hydrogens is 218 g/mol. The summed E-state index contributed by atoms with van der Waals surface area (Å²) >= 11 is 0. The van der Waals surface area contributed by atoms with Gasteiger partial charge in [0.25, 0.3) is 0 Å². The molecular formula is C13H25NO3. The van der Waals surface area contributed by atoms with Crippen LogP contribution in [0.15, 0.2) is 0 Å². The predicted molar refractivity (Wildman–Crippen MR) is 67.1 cm³/mol. The Balaban J connectivity index is 2.49. The second-order valence-corrected chi connectivity index (χ2v) is 5.75. The van der Waals surface area contributed by atoms with Crippen molar-refractivity contribution in [3.05, 3.63) is 0 Å². The number of carbonyl (C=O) groups is 1. The third-order valence-corrected chi connectivity index (χ3v) is 3.75. The van der Waals surface area contributed by atoms with Crippen LogP contribution in [0.5, 0.6) is 0 Å². The van der Waals surface area contributed by atoms with Crippen molar-refractivity contribution in [1.82, 2.24) is 4.90 Å². The maximum absolute atomic E-state index is 10.9. The zero-order valence-corrected chi connectivity index (χ0v) is 11.2. The molecule has 1 fully saturated rings. The van der Waals surface area contributed by atoms with Gasteiger partial charge in [-0.1, -0.05) is 13.8 Å². The first-order valence-corrected chi connectivity index (χ1v) is 6.39. The molecule has 100 valence electrons. The fourth-order valence-corrected chi connectivity index (χ4v) is 2.52. The van der Waals surface area contributed by atoms with Gasteiger partial charge in [0.15, 0.2) is 0 Å². The van der Waals surface area contributed by atoms with Crippen LogP contribution in [0.2, 0.25) is 0 Å². The molecule has 0 atom stereocenters. The van der Waals surface area contributed by atoms with E-state index < -0.39 is 5.97 Å². The number of rotatable bonds is 6. The van der Waals surface area contributed by atoms with Gasteiger partial charge in [0.05, 0.1) is 13.2 Å². The molecule has 1 aliphatic carbocycles. The van der Waals surface area contributed by atoms with Crippen molar-refractivity contribution in [3.63, 3.8) is 0 Å². The van der Waals surface area contributed by atoms with Gasteiger partial charge in [-0.3, -0.25) is 9.69 Å². The number of hydrogen-bond donors (Lipinski definition) is 1. The van der Waals surface area contributed by atoms with Crippen molar-refractivity contribution >= 4 is 5.97 Å². The maximum Gasteiger partial charge on any atom is 0.317 e. The first kappa shape index (κ1) is 14.5. The lowest BCUT2D eigenvalue weighted by molar-refractivity contribution is -0.139. The third kappa shape index (κ3) is 5.04. The van der Waals surface area contributed by atoms with Gasteiger partial charge >= 0.3 is 5.97 Å². The first-order valence-electron chi connectivity index (χ1n) is 6.39. The van der Waals surface area contributed by atoms with E-state index in [0.29, 0.717) is 24.6 Å². The molecule has 0 aromatic carbocycles. The van der Waals surface area contributed by atoms with Crippen LogP contribution in [-0.4, -0.2) is 48.8 Å². The van der Waals surface area contributed by atoms with Crippen LogP contribution in [0.25, 0.3) is 0 Å². The Morgan fingerprint density at radius 2 is 2.00 bits per heavy atom. The van der Waals surface area contributed by atoms with E-state index in [1.165, 1.54) is 12.8 Å². The van der Waals surface area contributed by atoms with E-state index in [0.717, 1.165) is 12.8 Å². The number of methoxy groups -OCH3 is 1. The molecule has 0 unspecified atom stereocenters. The molecule has 0 aromatic rings. The summed E-state index contributed by atoms with van der Waals surface area (Å²) in [7, 11) is 1.66. The Bertz CT molecular complexity index is 243. The Kier molecular flexibility index (Phi) is 5.40. The van der Waals surface area contributed by atoms with Crippen molar-refractivity contribution in [2.24, 2.45) is 5.41 Å². The number of carboxylic acids is 1. The zero-order valence-electron chi connectivity index (χ0n) is 11.2. The molecule has 4 heteroatoms. The van der Waals surface area contributed by atoms with Gasteiger partial charge in [-0.2, -0.15) is 0 Å². The summed E-state index contributed by atoms with van der Waals surface area (Å²) in [6.45, 7) is 6.04. The van der Waals surface area contributed by atoms with Gasteiger partial charge in [-0.15, -0.1) is 0 Å². The minimum Gasteiger partial charge on any atom is -0.480 e. The molecule has 4 nitrogen and oxygen atoms in total. The van der Waals surface area contributed by atoms with Gasteiger partial charge in [0.2, 0.25) is 0 Å². The lowest BCUT2D eigenvalue weighted by atomic mass is 9.75. The second-order valence-electron chi connectivity index (χ2n) is 5.75. The summed E-state index contributed by atoms with van der Waals surface area (Å²) in [5, 5.41) is 8.93. The average Bonchev–Trinajstić information content (AvgIpc) is 2.24. The Hall–Kier alpha value is -0.610. The highest BCUT2D eigenvalue weighted by atomic mass is 16.5. The van der Waals surface area contributed by atoms with Crippen molar-refractivity contribution in [1.29, 1.82) is 0 Å². The third-order valence-electron chi connectivity index (χ3n) is 3.75. The molecule has 1 saturated carbocycles. The van der Waals surface area contributed by atoms with Gasteiger partial charge < -0.3 is 9.84 Å². The Morgan fingerprint density at radius 1 is 1.41 bits per heavy atom. The zero-order chi connectivity index (χ0) is 12.9. The van der Waals surface area contributed by atoms with Crippen molar-refractivity contribution in [2.45, 2.75) is 45.6 Å². The molecule has 0 bridgehead atoms. The van der Waals surface area contributed by atoms with Crippen LogP contribution in [-0.2, 0) is 9.53 Å². The lowest BCUT2D eigenvalue weighted by Gasteiger charge is -2.39. The highest BCUT2D eigenvalue weighted by Crippen LogP contribution is 2.36. The molecule has 1 N–H and O–H groups in total. The molecule has 1 rings (SSSR count). The SMILES string of the molecule is COCCN(CC(=O)O)C1CCC(C)(C)CC1. The van der Waals surface area contributed by atoms with Crippen LogP contribution in [0, 0.1) is 5.41 Å². The van der Waals surface area contributed by atoms with E-state index in [4.69, 9.17) is 9.84 Å².